The van der Waals surface area contributed by atoms with Crippen molar-refractivity contribution in [2.45, 2.75) is 33.3 Å². The molecule has 2 aromatic carbocycles. The van der Waals surface area contributed by atoms with E-state index in [-0.39, 0.29) is 5.82 Å². The van der Waals surface area contributed by atoms with Crippen LogP contribution in [0.5, 0.6) is 0 Å². The molecule has 1 unspecified atom stereocenters. The first-order valence-electron chi connectivity index (χ1n) is 6.59. The monoisotopic (exact) mass is 336 g/mol. The first kappa shape index (κ1) is 15.2. The third-order valence-electron chi connectivity index (χ3n) is 3.69. The van der Waals surface area contributed by atoms with Gasteiger partial charge < -0.3 is 5.11 Å². The normalized spacial score (nSPS) is 12.5. The van der Waals surface area contributed by atoms with Crippen LogP contribution >= 0.6 is 15.9 Å². The average molecular weight is 337 g/mol. The zero-order valence-electron chi connectivity index (χ0n) is 11.9. The Kier molecular flexibility index (Phi) is 4.61. The van der Waals surface area contributed by atoms with Crippen molar-refractivity contribution < 1.29 is 9.50 Å². The van der Waals surface area contributed by atoms with E-state index in [4.69, 9.17) is 0 Å². The Bertz CT molecular complexity index is 637. The van der Waals surface area contributed by atoms with Crippen molar-refractivity contribution in [3.05, 3.63) is 68.4 Å². The van der Waals surface area contributed by atoms with Gasteiger partial charge in [-0.25, -0.2) is 4.39 Å². The largest absolute Gasteiger partial charge is 0.388 e. The summed E-state index contributed by atoms with van der Waals surface area (Å²) in [6.07, 6.45) is -0.241. The molecule has 0 aliphatic rings. The van der Waals surface area contributed by atoms with Gasteiger partial charge in [0.25, 0.3) is 0 Å². The Morgan fingerprint density at radius 3 is 2.45 bits per heavy atom. The maximum Gasteiger partial charge on any atom is 0.137 e. The number of rotatable bonds is 3. The molecule has 2 aromatic rings. The number of aliphatic hydroxyl groups is 1. The average Bonchev–Trinajstić information content (AvgIpc) is 2.39. The van der Waals surface area contributed by atoms with Crippen molar-refractivity contribution in [2.75, 3.05) is 0 Å². The van der Waals surface area contributed by atoms with Crippen LogP contribution in [0.2, 0.25) is 0 Å². The third kappa shape index (κ3) is 3.10. The predicted molar refractivity (Wildman–Crippen MR) is 83.4 cm³/mol. The number of aliphatic hydroxyl groups excluding tert-OH is 1. The fourth-order valence-electron chi connectivity index (χ4n) is 2.37. The molecular weight excluding hydrogens is 319 g/mol. The van der Waals surface area contributed by atoms with Crippen LogP contribution in [0, 0.1) is 26.6 Å². The van der Waals surface area contributed by atoms with Crippen LogP contribution in [0.25, 0.3) is 0 Å². The lowest BCUT2D eigenvalue weighted by Gasteiger charge is -2.17. The summed E-state index contributed by atoms with van der Waals surface area (Å²) in [4.78, 5) is 0. The summed E-state index contributed by atoms with van der Waals surface area (Å²) in [5.74, 6) is -0.300. The van der Waals surface area contributed by atoms with Crippen molar-refractivity contribution in [3.8, 4) is 0 Å². The van der Waals surface area contributed by atoms with Crippen molar-refractivity contribution in [1.29, 1.82) is 0 Å². The maximum atomic E-state index is 13.5. The summed E-state index contributed by atoms with van der Waals surface area (Å²) in [7, 11) is 0. The molecule has 0 bridgehead atoms. The highest BCUT2D eigenvalue weighted by Crippen LogP contribution is 2.28. The number of aryl methyl sites for hydroxylation is 3. The topological polar surface area (TPSA) is 20.2 Å². The van der Waals surface area contributed by atoms with Crippen LogP contribution < -0.4 is 0 Å². The molecule has 2 rings (SSSR count). The van der Waals surface area contributed by atoms with E-state index < -0.39 is 6.10 Å². The minimum Gasteiger partial charge on any atom is -0.388 e. The van der Waals surface area contributed by atoms with E-state index in [0.717, 1.165) is 22.3 Å². The van der Waals surface area contributed by atoms with Gasteiger partial charge in [0.2, 0.25) is 0 Å². The van der Waals surface area contributed by atoms with E-state index in [9.17, 15) is 9.50 Å². The van der Waals surface area contributed by atoms with Crippen LogP contribution in [0.4, 0.5) is 4.39 Å². The molecule has 0 spiro atoms. The Morgan fingerprint density at radius 2 is 1.75 bits per heavy atom. The second-order valence-corrected chi connectivity index (χ2v) is 6.02. The molecule has 0 aliphatic heterocycles. The summed E-state index contributed by atoms with van der Waals surface area (Å²) < 4.78 is 13.9. The van der Waals surface area contributed by atoms with E-state index in [1.165, 1.54) is 11.6 Å². The molecule has 0 amide bonds. The molecule has 0 heterocycles. The number of hydrogen-bond donors (Lipinski definition) is 1. The third-order valence-corrected chi connectivity index (χ3v) is 4.57. The highest BCUT2D eigenvalue weighted by Gasteiger charge is 2.15. The van der Waals surface area contributed by atoms with Gasteiger partial charge in [-0.3, -0.25) is 0 Å². The SMILES string of the molecule is Cc1cc(C)c(C(O)Cc2cccc(F)c2Br)cc1C. The maximum absolute atomic E-state index is 13.5. The molecule has 1 nitrogen and oxygen atoms in total. The van der Waals surface area contributed by atoms with Gasteiger partial charge in [-0.05, 0) is 70.6 Å². The lowest BCUT2D eigenvalue weighted by molar-refractivity contribution is 0.177. The zero-order valence-corrected chi connectivity index (χ0v) is 13.5. The van der Waals surface area contributed by atoms with Gasteiger partial charge in [-0.2, -0.15) is 0 Å². The van der Waals surface area contributed by atoms with Crippen LogP contribution in [0.15, 0.2) is 34.8 Å². The molecule has 1 atom stereocenters. The minimum atomic E-state index is -0.632. The van der Waals surface area contributed by atoms with E-state index in [0.29, 0.717) is 10.9 Å². The Balaban J connectivity index is 2.31. The Morgan fingerprint density at radius 1 is 1.10 bits per heavy atom. The fourth-order valence-corrected chi connectivity index (χ4v) is 2.79. The van der Waals surface area contributed by atoms with E-state index in [1.54, 1.807) is 6.07 Å². The molecule has 0 aromatic heterocycles. The zero-order chi connectivity index (χ0) is 14.9. The summed E-state index contributed by atoms with van der Waals surface area (Å²) in [6, 6.07) is 8.99. The van der Waals surface area contributed by atoms with E-state index in [1.807, 2.05) is 26.0 Å². The highest BCUT2D eigenvalue weighted by molar-refractivity contribution is 9.10. The first-order chi connectivity index (χ1) is 9.40. The summed E-state index contributed by atoms with van der Waals surface area (Å²) in [5, 5.41) is 10.4. The van der Waals surface area contributed by atoms with Gasteiger partial charge in [0.05, 0.1) is 10.6 Å². The van der Waals surface area contributed by atoms with Gasteiger partial charge >= 0.3 is 0 Å². The van der Waals surface area contributed by atoms with Crippen molar-refractivity contribution in [1.82, 2.24) is 0 Å². The summed E-state index contributed by atoms with van der Waals surface area (Å²) >= 11 is 3.24. The summed E-state index contributed by atoms with van der Waals surface area (Å²) in [5.41, 5.74) is 5.11. The highest BCUT2D eigenvalue weighted by atomic mass is 79.9. The Hall–Kier alpha value is -1.19. The van der Waals surface area contributed by atoms with Crippen molar-refractivity contribution in [2.24, 2.45) is 0 Å². The second kappa shape index (κ2) is 6.06. The molecule has 0 aliphatic carbocycles. The Labute approximate surface area is 127 Å². The predicted octanol–water partition coefficient (Wildman–Crippen LogP) is 4.79. The number of halogens is 2. The molecule has 106 valence electrons. The van der Waals surface area contributed by atoms with Gasteiger partial charge in [0.1, 0.15) is 5.82 Å². The minimum absolute atomic E-state index is 0.300. The molecule has 1 N–H and O–H groups in total. The molecule has 0 radical (unpaired) electrons. The van der Waals surface area contributed by atoms with Crippen LogP contribution in [0.1, 0.15) is 33.9 Å². The van der Waals surface area contributed by atoms with Crippen LogP contribution in [-0.2, 0) is 6.42 Å². The number of hydrogen-bond acceptors (Lipinski definition) is 1. The quantitative estimate of drug-likeness (QED) is 0.854. The van der Waals surface area contributed by atoms with E-state index in [2.05, 4.69) is 28.9 Å². The number of benzene rings is 2. The van der Waals surface area contributed by atoms with Gasteiger partial charge in [0.15, 0.2) is 0 Å². The van der Waals surface area contributed by atoms with Gasteiger partial charge in [0, 0.05) is 6.42 Å². The molecule has 0 saturated heterocycles. The van der Waals surface area contributed by atoms with Crippen molar-refractivity contribution in [3.63, 3.8) is 0 Å². The molecule has 0 fully saturated rings. The second-order valence-electron chi connectivity index (χ2n) is 5.23. The molecule has 3 heteroatoms. The smallest absolute Gasteiger partial charge is 0.137 e. The van der Waals surface area contributed by atoms with Gasteiger partial charge in [-0.15, -0.1) is 0 Å². The van der Waals surface area contributed by atoms with E-state index >= 15 is 0 Å². The standard InChI is InChI=1S/C17H18BrFO/c1-10-7-12(3)14(8-11(10)2)16(20)9-13-5-4-6-15(19)17(13)18/h4-8,16,20H,9H2,1-3H3. The summed E-state index contributed by atoms with van der Waals surface area (Å²) in [6.45, 7) is 6.08. The molecule has 20 heavy (non-hydrogen) atoms. The van der Waals surface area contributed by atoms with Crippen LogP contribution in [-0.4, -0.2) is 5.11 Å². The fraction of sp³-hybridized carbons (Fsp3) is 0.294. The van der Waals surface area contributed by atoms with Crippen LogP contribution in [0.3, 0.4) is 0 Å². The first-order valence-corrected chi connectivity index (χ1v) is 7.38. The van der Waals surface area contributed by atoms with Gasteiger partial charge in [-0.1, -0.05) is 24.3 Å². The van der Waals surface area contributed by atoms with Crippen molar-refractivity contribution >= 4 is 15.9 Å². The molecule has 0 saturated carbocycles. The molecular formula is C17H18BrFO. The lowest BCUT2D eigenvalue weighted by Crippen LogP contribution is -2.06. The lowest BCUT2D eigenvalue weighted by atomic mass is 9.94.